The molecule has 88 valence electrons. The molecule has 1 unspecified atom stereocenters. The van der Waals surface area contributed by atoms with E-state index in [4.69, 9.17) is 9.47 Å². The molecule has 1 aliphatic heterocycles. The smallest absolute Gasteiger partial charge is 0.223 e. The van der Waals surface area contributed by atoms with E-state index in [1.807, 2.05) is 0 Å². The third-order valence-corrected chi connectivity index (χ3v) is 2.67. The van der Waals surface area contributed by atoms with Gasteiger partial charge in [0.25, 0.3) is 0 Å². The molecule has 4 heteroatoms. The van der Waals surface area contributed by atoms with E-state index in [1.54, 1.807) is 7.11 Å². The van der Waals surface area contributed by atoms with Gasteiger partial charge in [0.05, 0.1) is 13.2 Å². The van der Waals surface area contributed by atoms with Crippen molar-refractivity contribution in [1.82, 2.24) is 5.32 Å². The normalized spacial score (nSPS) is 21.4. The largest absolute Gasteiger partial charge is 0.382 e. The van der Waals surface area contributed by atoms with Gasteiger partial charge in [-0.25, -0.2) is 0 Å². The Morgan fingerprint density at radius 1 is 1.40 bits per heavy atom. The van der Waals surface area contributed by atoms with Crippen molar-refractivity contribution in [2.24, 2.45) is 5.92 Å². The Bertz CT molecular complexity index is 185. The first-order chi connectivity index (χ1) is 7.34. The quantitative estimate of drug-likeness (QED) is 0.643. The number of ether oxygens (including phenoxy) is 2. The number of hydrogen-bond donors (Lipinski definition) is 1. The summed E-state index contributed by atoms with van der Waals surface area (Å²) in [5.74, 6) is 0.433. The minimum atomic E-state index is 0.213. The first-order valence-corrected chi connectivity index (χ1v) is 5.69. The zero-order valence-electron chi connectivity index (χ0n) is 9.46. The fourth-order valence-electron chi connectivity index (χ4n) is 1.79. The van der Waals surface area contributed by atoms with Gasteiger partial charge in [-0.15, -0.1) is 0 Å². The van der Waals surface area contributed by atoms with Gasteiger partial charge in [-0.05, 0) is 25.7 Å². The molecular weight excluding hydrogens is 194 g/mol. The molecule has 1 aliphatic rings. The van der Waals surface area contributed by atoms with Gasteiger partial charge >= 0.3 is 0 Å². The highest BCUT2D eigenvalue weighted by molar-refractivity contribution is 5.79. The van der Waals surface area contributed by atoms with Crippen molar-refractivity contribution in [2.45, 2.75) is 25.7 Å². The van der Waals surface area contributed by atoms with Crippen molar-refractivity contribution in [3.05, 3.63) is 0 Å². The van der Waals surface area contributed by atoms with E-state index in [9.17, 15) is 4.79 Å². The highest BCUT2D eigenvalue weighted by atomic mass is 16.5. The Labute approximate surface area is 91.3 Å². The summed E-state index contributed by atoms with van der Waals surface area (Å²) in [5, 5.41) is 2.89. The fourth-order valence-corrected chi connectivity index (χ4v) is 1.79. The van der Waals surface area contributed by atoms with E-state index in [0.717, 1.165) is 38.8 Å². The van der Waals surface area contributed by atoms with Crippen LogP contribution >= 0.6 is 0 Å². The molecule has 0 aromatic heterocycles. The highest BCUT2D eigenvalue weighted by Crippen LogP contribution is 2.16. The van der Waals surface area contributed by atoms with Gasteiger partial charge in [-0.1, -0.05) is 0 Å². The zero-order chi connectivity index (χ0) is 10.9. The fraction of sp³-hybridized carbons (Fsp3) is 0.909. The van der Waals surface area contributed by atoms with Crippen LogP contribution in [0.15, 0.2) is 0 Å². The Kier molecular flexibility index (Phi) is 6.36. The molecule has 0 radical (unpaired) electrons. The van der Waals surface area contributed by atoms with E-state index in [2.05, 4.69) is 5.32 Å². The molecule has 0 aromatic carbocycles. The monoisotopic (exact) mass is 215 g/mol. The Morgan fingerprint density at radius 3 is 3.00 bits per heavy atom. The Balaban J connectivity index is 1.96. The first-order valence-electron chi connectivity index (χ1n) is 5.69. The average molecular weight is 215 g/mol. The second-order valence-corrected chi connectivity index (χ2v) is 3.88. The van der Waals surface area contributed by atoms with Gasteiger partial charge in [-0.3, -0.25) is 4.79 Å². The summed E-state index contributed by atoms with van der Waals surface area (Å²) < 4.78 is 10.2. The van der Waals surface area contributed by atoms with Crippen molar-refractivity contribution in [1.29, 1.82) is 0 Å². The standard InChI is InChI=1S/C11H21NO3/c1-14-8-9-15-7-3-5-10-4-2-6-12-11(10)13/h10H,2-9H2,1H3,(H,12,13). The van der Waals surface area contributed by atoms with Crippen molar-refractivity contribution < 1.29 is 14.3 Å². The van der Waals surface area contributed by atoms with Crippen molar-refractivity contribution in [2.75, 3.05) is 33.5 Å². The number of carbonyl (C=O) groups is 1. The second kappa shape index (κ2) is 7.65. The average Bonchev–Trinajstić information content (AvgIpc) is 2.25. The molecule has 0 bridgehead atoms. The first kappa shape index (κ1) is 12.5. The number of hydrogen-bond acceptors (Lipinski definition) is 3. The van der Waals surface area contributed by atoms with Crippen molar-refractivity contribution in [3.63, 3.8) is 0 Å². The number of methoxy groups -OCH3 is 1. The maximum atomic E-state index is 11.4. The molecule has 15 heavy (non-hydrogen) atoms. The van der Waals surface area contributed by atoms with Crippen LogP contribution < -0.4 is 5.32 Å². The summed E-state index contributed by atoms with van der Waals surface area (Å²) in [7, 11) is 1.66. The summed E-state index contributed by atoms with van der Waals surface area (Å²) in [5.41, 5.74) is 0. The molecule has 1 N–H and O–H groups in total. The van der Waals surface area contributed by atoms with Crippen molar-refractivity contribution in [3.8, 4) is 0 Å². The van der Waals surface area contributed by atoms with Crippen LogP contribution in [0, 0.1) is 5.92 Å². The van der Waals surface area contributed by atoms with Crippen LogP contribution in [-0.2, 0) is 14.3 Å². The van der Waals surface area contributed by atoms with Crippen molar-refractivity contribution >= 4 is 5.91 Å². The lowest BCUT2D eigenvalue weighted by atomic mass is 9.94. The van der Waals surface area contributed by atoms with E-state index >= 15 is 0 Å². The number of nitrogens with one attached hydrogen (secondary N) is 1. The maximum Gasteiger partial charge on any atom is 0.223 e. The summed E-state index contributed by atoms with van der Waals surface area (Å²) in [6.45, 7) is 2.87. The molecule has 1 fully saturated rings. The molecule has 0 spiro atoms. The number of carbonyl (C=O) groups excluding carboxylic acids is 1. The van der Waals surface area contributed by atoms with Crippen LogP contribution in [0.4, 0.5) is 0 Å². The Hall–Kier alpha value is -0.610. The van der Waals surface area contributed by atoms with Gasteiger partial charge < -0.3 is 14.8 Å². The highest BCUT2D eigenvalue weighted by Gasteiger charge is 2.20. The summed E-state index contributed by atoms with van der Waals surface area (Å²) in [6.07, 6.45) is 4.05. The molecule has 0 aromatic rings. The van der Waals surface area contributed by atoms with E-state index < -0.39 is 0 Å². The van der Waals surface area contributed by atoms with Crippen LogP contribution in [-0.4, -0.2) is 39.4 Å². The molecule has 1 rings (SSSR count). The molecule has 4 nitrogen and oxygen atoms in total. The SMILES string of the molecule is COCCOCCCC1CCCNC1=O. The molecule has 1 amide bonds. The minimum absolute atomic E-state index is 0.213. The van der Waals surface area contributed by atoms with Gasteiger partial charge in [-0.2, -0.15) is 0 Å². The predicted octanol–water partition coefficient (Wildman–Crippen LogP) is 0.956. The number of rotatable bonds is 7. The molecule has 0 aliphatic carbocycles. The summed E-state index contributed by atoms with van der Waals surface area (Å²) in [4.78, 5) is 11.4. The van der Waals surface area contributed by atoms with Gasteiger partial charge in [0.15, 0.2) is 0 Å². The third kappa shape index (κ3) is 5.14. The van der Waals surface area contributed by atoms with Crippen LogP contribution in [0.1, 0.15) is 25.7 Å². The lowest BCUT2D eigenvalue weighted by molar-refractivity contribution is -0.126. The van der Waals surface area contributed by atoms with Gasteiger partial charge in [0.2, 0.25) is 5.91 Å². The third-order valence-electron chi connectivity index (χ3n) is 2.67. The number of piperidine rings is 1. The summed E-state index contributed by atoms with van der Waals surface area (Å²) in [6, 6.07) is 0. The molecule has 1 heterocycles. The summed E-state index contributed by atoms with van der Waals surface area (Å²) >= 11 is 0. The zero-order valence-corrected chi connectivity index (χ0v) is 9.46. The topological polar surface area (TPSA) is 47.6 Å². The van der Waals surface area contributed by atoms with Crippen LogP contribution in [0.5, 0.6) is 0 Å². The Morgan fingerprint density at radius 2 is 2.27 bits per heavy atom. The van der Waals surface area contributed by atoms with E-state index in [1.165, 1.54) is 0 Å². The van der Waals surface area contributed by atoms with Gasteiger partial charge in [0.1, 0.15) is 0 Å². The maximum absolute atomic E-state index is 11.4. The predicted molar refractivity (Wildman–Crippen MR) is 57.7 cm³/mol. The minimum Gasteiger partial charge on any atom is -0.382 e. The van der Waals surface area contributed by atoms with Crippen LogP contribution in [0.2, 0.25) is 0 Å². The van der Waals surface area contributed by atoms with Crippen LogP contribution in [0.25, 0.3) is 0 Å². The molecule has 1 atom stereocenters. The number of amides is 1. The second-order valence-electron chi connectivity index (χ2n) is 3.88. The van der Waals surface area contributed by atoms with E-state index in [0.29, 0.717) is 13.2 Å². The lowest BCUT2D eigenvalue weighted by Crippen LogP contribution is -2.36. The van der Waals surface area contributed by atoms with E-state index in [-0.39, 0.29) is 11.8 Å². The molecular formula is C11H21NO3. The molecule has 1 saturated heterocycles. The molecule has 0 saturated carbocycles. The van der Waals surface area contributed by atoms with Crippen LogP contribution in [0.3, 0.4) is 0 Å². The van der Waals surface area contributed by atoms with Gasteiger partial charge in [0, 0.05) is 26.2 Å². The lowest BCUT2D eigenvalue weighted by Gasteiger charge is -2.21.